The minimum Gasteiger partial charge on any atom is -0.300 e. The first-order valence-corrected chi connectivity index (χ1v) is 7.36. The number of Topliss-reactive ketones (excluding diaryl/α,β-unsaturated/α-hetero) is 1. The van der Waals surface area contributed by atoms with Crippen molar-refractivity contribution in [1.82, 2.24) is 0 Å². The number of benzene rings is 2. The monoisotopic (exact) mass is 258 g/mol. The highest BCUT2D eigenvalue weighted by atomic mass is 32.2. The van der Waals surface area contributed by atoms with Crippen molar-refractivity contribution in [2.24, 2.45) is 0 Å². The van der Waals surface area contributed by atoms with Gasteiger partial charge in [-0.3, -0.25) is 9.00 Å². The van der Waals surface area contributed by atoms with Crippen LogP contribution in [0.4, 0.5) is 0 Å². The summed E-state index contributed by atoms with van der Waals surface area (Å²) in [6, 6.07) is 13.9. The lowest BCUT2D eigenvalue weighted by Crippen LogP contribution is -2.11. The molecule has 2 aromatic carbocycles. The molecule has 0 saturated heterocycles. The molecule has 1 aliphatic rings. The van der Waals surface area contributed by atoms with E-state index in [9.17, 15) is 9.00 Å². The minimum atomic E-state index is -1.06. The van der Waals surface area contributed by atoms with Crippen molar-refractivity contribution < 1.29 is 9.00 Å². The minimum absolute atomic E-state index is 0.0127. The van der Waals surface area contributed by atoms with E-state index in [1.165, 1.54) is 0 Å². The summed E-state index contributed by atoms with van der Waals surface area (Å²) < 4.78 is 12.4. The van der Waals surface area contributed by atoms with Crippen LogP contribution in [0.5, 0.6) is 0 Å². The van der Waals surface area contributed by atoms with E-state index in [0.717, 1.165) is 22.1 Å². The van der Waals surface area contributed by atoms with E-state index < -0.39 is 10.8 Å². The van der Waals surface area contributed by atoms with Crippen LogP contribution in [0.1, 0.15) is 19.3 Å². The highest BCUT2D eigenvalue weighted by Gasteiger charge is 2.27. The molecule has 18 heavy (non-hydrogen) atoms. The second kappa shape index (κ2) is 4.65. The first kappa shape index (κ1) is 11.6. The van der Waals surface area contributed by atoms with E-state index >= 15 is 0 Å². The third kappa shape index (κ3) is 2.10. The van der Waals surface area contributed by atoms with E-state index in [2.05, 4.69) is 0 Å². The van der Waals surface area contributed by atoms with Crippen LogP contribution in [0.25, 0.3) is 10.8 Å². The average Bonchev–Trinajstić information content (AvgIpc) is 2.84. The zero-order chi connectivity index (χ0) is 12.5. The molecule has 2 atom stereocenters. The van der Waals surface area contributed by atoms with Crippen molar-refractivity contribution in [3.8, 4) is 0 Å². The standard InChI is InChI=1S/C15H14O2S/c16-13-6-8-15(10-13)18(17)14-7-5-11-3-1-2-4-12(11)9-14/h1-5,7,9,15H,6,8,10H2. The van der Waals surface area contributed by atoms with Gasteiger partial charge in [0.15, 0.2) is 0 Å². The van der Waals surface area contributed by atoms with Gasteiger partial charge in [-0.2, -0.15) is 0 Å². The zero-order valence-electron chi connectivity index (χ0n) is 9.96. The van der Waals surface area contributed by atoms with E-state index in [1.807, 2.05) is 42.5 Å². The maximum Gasteiger partial charge on any atom is 0.134 e. The van der Waals surface area contributed by atoms with Crippen molar-refractivity contribution in [2.45, 2.75) is 29.4 Å². The predicted octanol–water partition coefficient (Wildman–Crippen LogP) is 3.07. The van der Waals surface area contributed by atoms with Crippen molar-refractivity contribution in [2.75, 3.05) is 0 Å². The fraction of sp³-hybridized carbons (Fsp3) is 0.267. The molecule has 3 rings (SSSR count). The molecule has 1 aliphatic carbocycles. The molecule has 3 heteroatoms. The number of carbonyl (C=O) groups is 1. The van der Waals surface area contributed by atoms with Gasteiger partial charge in [-0.15, -0.1) is 0 Å². The third-order valence-electron chi connectivity index (χ3n) is 3.46. The third-order valence-corrected chi connectivity index (χ3v) is 5.18. The molecule has 0 aromatic heterocycles. The topological polar surface area (TPSA) is 34.1 Å². The van der Waals surface area contributed by atoms with Gasteiger partial charge in [0.05, 0.1) is 10.8 Å². The Bertz CT molecular complexity index is 633. The second-order valence-corrected chi connectivity index (χ2v) is 6.44. The van der Waals surface area contributed by atoms with Crippen LogP contribution in [0.2, 0.25) is 0 Å². The first-order valence-electron chi connectivity index (χ1n) is 6.15. The molecule has 2 nitrogen and oxygen atoms in total. The number of hydrogen-bond acceptors (Lipinski definition) is 2. The lowest BCUT2D eigenvalue weighted by atomic mass is 10.1. The molecular formula is C15H14O2S. The van der Waals surface area contributed by atoms with E-state index in [4.69, 9.17) is 0 Å². The summed E-state index contributed by atoms with van der Waals surface area (Å²) >= 11 is 0. The summed E-state index contributed by atoms with van der Waals surface area (Å²) in [6.45, 7) is 0. The first-order chi connectivity index (χ1) is 8.74. The van der Waals surface area contributed by atoms with Crippen LogP contribution < -0.4 is 0 Å². The summed E-state index contributed by atoms with van der Waals surface area (Å²) in [5.74, 6) is 0.245. The van der Waals surface area contributed by atoms with Crippen LogP contribution in [0, 0.1) is 0 Å². The van der Waals surface area contributed by atoms with Gasteiger partial charge in [-0.25, -0.2) is 0 Å². The van der Waals surface area contributed by atoms with Gasteiger partial charge in [0.2, 0.25) is 0 Å². The Morgan fingerprint density at radius 3 is 2.56 bits per heavy atom. The molecule has 0 radical (unpaired) electrons. The normalized spacial score (nSPS) is 21.3. The molecule has 0 bridgehead atoms. The maximum absolute atomic E-state index is 12.4. The number of ketones is 1. The molecule has 0 amide bonds. The Kier molecular flexibility index (Phi) is 3.00. The largest absolute Gasteiger partial charge is 0.300 e. The highest BCUT2D eigenvalue weighted by Crippen LogP contribution is 2.26. The van der Waals surface area contributed by atoms with Crippen LogP contribution in [0.15, 0.2) is 47.4 Å². The summed E-state index contributed by atoms with van der Waals surface area (Å²) in [7, 11) is -1.06. The van der Waals surface area contributed by atoms with Crippen LogP contribution in [-0.2, 0) is 15.6 Å². The van der Waals surface area contributed by atoms with Crippen molar-refractivity contribution in [3.63, 3.8) is 0 Å². The second-order valence-electron chi connectivity index (χ2n) is 4.71. The van der Waals surface area contributed by atoms with Crippen molar-refractivity contribution in [3.05, 3.63) is 42.5 Å². The van der Waals surface area contributed by atoms with E-state index in [0.29, 0.717) is 12.8 Å². The molecule has 0 aliphatic heterocycles. The lowest BCUT2D eigenvalue weighted by Gasteiger charge is -2.09. The summed E-state index contributed by atoms with van der Waals surface area (Å²) in [5.41, 5.74) is 0. The Hall–Kier alpha value is -1.48. The van der Waals surface area contributed by atoms with E-state index in [1.54, 1.807) is 0 Å². The van der Waals surface area contributed by atoms with Gasteiger partial charge in [-0.05, 0) is 29.3 Å². The van der Waals surface area contributed by atoms with Gasteiger partial charge in [0, 0.05) is 23.0 Å². The summed E-state index contributed by atoms with van der Waals surface area (Å²) in [6.07, 6.45) is 1.82. The molecule has 0 N–H and O–H groups in total. The molecule has 0 heterocycles. The Balaban J connectivity index is 1.94. The highest BCUT2D eigenvalue weighted by molar-refractivity contribution is 7.85. The Morgan fingerprint density at radius 1 is 1.06 bits per heavy atom. The molecular weight excluding hydrogens is 244 g/mol. The van der Waals surface area contributed by atoms with Crippen molar-refractivity contribution >= 4 is 27.4 Å². The predicted molar refractivity (Wildman–Crippen MR) is 73.0 cm³/mol. The number of carbonyl (C=O) groups excluding carboxylic acids is 1. The number of hydrogen-bond donors (Lipinski definition) is 0. The summed E-state index contributed by atoms with van der Waals surface area (Å²) in [5, 5.41) is 2.27. The molecule has 1 saturated carbocycles. The fourth-order valence-electron chi connectivity index (χ4n) is 2.45. The SMILES string of the molecule is O=C1CCC(S(=O)c2ccc3ccccc3c2)C1. The molecule has 92 valence electrons. The van der Waals surface area contributed by atoms with Crippen LogP contribution in [0.3, 0.4) is 0 Å². The van der Waals surface area contributed by atoms with Gasteiger partial charge in [0.25, 0.3) is 0 Å². The maximum atomic E-state index is 12.4. The molecule has 2 unspecified atom stereocenters. The lowest BCUT2D eigenvalue weighted by molar-refractivity contribution is -0.117. The zero-order valence-corrected chi connectivity index (χ0v) is 10.8. The Labute approximate surface area is 108 Å². The fourth-order valence-corrected chi connectivity index (χ4v) is 3.95. The van der Waals surface area contributed by atoms with Crippen LogP contribution >= 0.6 is 0 Å². The molecule has 1 fully saturated rings. The molecule has 0 spiro atoms. The van der Waals surface area contributed by atoms with Gasteiger partial charge in [-0.1, -0.05) is 30.3 Å². The van der Waals surface area contributed by atoms with E-state index in [-0.39, 0.29) is 11.0 Å². The Morgan fingerprint density at radius 2 is 1.83 bits per heavy atom. The quantitative estimate of drug-likeness (QED) is 0.829. The average molecular weight is 258 g/mol. The smallest absolute Gasteiger partial charge is 0.134 e. The summed E-state index contributed by atoms with van der Waals surface area (Å²) in [4.78, 5) is 12.1. The van der Waals surface area contributed by atoms with Crippen molar-refractivity contribution in [1.29, 1.82) is 0 Å². The van der Waals surface area contributed by atoms with Gasteiger partial charge >= 0.3 is 0 Å². The van der Waals surface area contributed by atoms with Gasteiger partial charge < -0.3 is 0 Å². The van der Waals surface area contributed by atoms with Gasteiger partial charge in [0.1, 0.15) is 5.78 Å². The number of rotatable bonds is 2. The van der Waals surface area contributed by atoms with Crippen LogP contribution in [-0.4, -0.2) is 15.2 Å². The number of fused-ring (bicyclic) bond motifs is 1. The molecule has 2 aromatic rings.